The number of anilines is 1. The number of unbranched alkanes of at least 4 members (excludes halogenated alkanes) is 1. The summed E-state index contributed by atoms with van der Waals surface area (Å²) in [4.78, 5) is 11.7. The number of aromatic hydroxyl groups is 1. The molecule has 1 aromatic carbocycles. The third-order valence-corrected chi connectivity index (χ3v) is 4.77. The minimum atomic E-state index is 0. The second kappa shape index (κ2) is 13.0. The molecule has 1 aromatic rings. The molecule has 0 radical (unpaired) electrons. The Kier molecular flexibility index (Phi) is 11.5. The third kappa shape index (κ3) is 7.73. The van der Waals surface area contributed by atoms with E-state index in [0.29, 0.717) is 5.75 Å². The second-order valence-corrected chi connectivity index (χ2v) is 6.86. The number of halogens is 1. The van der Waals surface area contributed by atoms with Gasteiger partial charge in [-0.15, -0.1) is 24.0 Å². The molecule has 0 aliphatic carbocycles. The Balaban J connectivity index is 0.00000364. The lowest BCUT2D eigenvalue weighted by Gasteiger charge is -2.38. The number of phenolic OH excluding ortho intramolecular Hbond substituents is 1. The molecule has 154 valence electrons. The summed E-state index contributed by atoms with van der Waals surface area (Å²) in [5, 5.41) is 13.5. The Morgan fingerprint density at radius 2 is 1.85 bits per heavy atom. The van der Waals surface area contributed by atoms with E-state index in [1.54, 1.807) is 6.07 Å². The first-order valence-electron chi connectivity index (χ1n) is 9.90. The monoisotopic (exact) mass is 489 g/mol. The van der Waals surface area contributed by atoms with Gasteiger partial charge in [0.2, 0.25) is 0 Å². The lowest BCUT2D eigenvalue weighted by molar-refractivity contribution is 0.334. The summed E-state index contributed by atoms with van der Waals surface area (Å²) in [6.45, 7) is 11.8. The molecule has 1 aliphatic heterocycles. The number of aliphatic imine (C=N–C) groups is 1. The summed E-state index contributed by atoms with van der Waals surface area (Å²) in [6, 6.07) is 7.57. The maximum Gasteiger partial charge on any atom is 0.194 e. The van der Waals surface area contributed by atoms with Crippen LogP contribution in [0.15, 0.2) is 29.3 Å². The number of para-hydroxylation sites is 2. The summed E-state index contributed by atoms with van der Waals surface area (Å²) in [6.07, 6.45) is 2.48. The van der Waals surface area contributed by atoms with Crippen molar-refractivity contribution in [1.82, 2.24) is 15.1 Å². The van der Waals surface area contributed by atoms with Crippen molar-refractivity contribution < 1.29 is 5.11 Å². The molecule has 1 heterocycles. The zero-order valence-electron chi connectivity index (χ0n) is 17.0. The normalized spacial score (nSPS) is 15.0. The van der Waals surface area contributed by atoms with Crippen molar-refractivity contribution >= 4 is 35.6 Å². The number of likely N-dealkylation sites (N-methyl/N-ethyl adjacent to an activating group) is 1. The van der Waals surface area contributed by atoms with E-state index in [9.17, 15) is 5.11 Å². The lowest BCUT2D eigenvalue weighted by Crippen LogP contribution is -2.52. The molecule has 0 amide bonds. The second-order valence-electron chi connectivity index (χ2n) is 6.86. The number of hydrogen-bond donors (Lipinski definition) is 2. The highest BCUT2D eigenvalue weighted by atomic mass is 127. The van der Waals surface area contributed by atoms with Crippen LogP contribution >= 0.6 is 24.0 Å². The van der Waals surface area contributed by atoms with Gasteiger partial charge in [0, 0.05) is 39.3 Å². The molecule has 2 rings (SSSR count). The van der Waals surface area contributed by atoms with Crippen LogP contribution in [-0.2, 0) is 0 Å². The minimum Gasteiger partial charge on any atom is -0.506 e. The van der Waals surface area contributed by atoms with E-state index >= 15 is 0 Å². The van der Waals surface area contributed by atoms with Crippen LogP contribution in [0.3, 0.4) is 0 Å². The highest BCUT2D eigenvalue weighted by Gasteiger charge is 2.21. The quantitative estimate of drug-likeness (QED) is 0.334. The van der Waals surface area contributed by atoms with Gasteiger partial charge < -0.3 is 25.1 Å². The van der Waals surface area contributed by atoms with E-state index in [2.05, 4.69) is 40.9 Å². The SMILES string of the molecule is CCCCN(C)CCN=C(NCC)N1CCN(c2ccccc2O)CC1.I. The van der Waals surface area contributed by atoms with Crippen molar-refractivity contribution in [2.75, 3.05) is 64.3 Å². The van der Waals surface area contributed by atoms with Gasteiger partial charge in [-0.1, -0.05) is 25.5 Å². The number of piperazine rings is 1. The molecule has 0 spiro atoms. The number of guanidine groups is 1. The fourth-order valence-electron chi connectivity index (χ4n) is 3.18. The van der Waals surface area contributed by atoms with Gasteiger partial charge in [-0.25, -0.2) is 0 Å². The van der Waals surface area contributed by atoms with Crippen LogP contribution < -0.4 is 10.2 Å². The molecule has 0 atom stereocenters. The molecule has 1 saturated heterocycles. The third-order valence-electron chi connectivity index (χ3n) is 4.77. The van der Waals surface area contributed by atoms with Gasteiger partial charge in [0.1, 0.15) is 5.75 Å². The summed E-state index contributed by atoms with van der Waals surface area (Å²) in [7, 11) is 2.17. The average molecular weight is 489 g/mol. The molecule has 1 fully saturated rings. The molecule has 0 bridgehead atoms. The molecule has 1 aliphatic rings. The van der Waals surface area contributed by atoms with Crippen LogP contribution in [0.4, 0.5) is 5.69 Å². The molecule has 6 nitrogen and oxygen atoms in total. The number of rotatable bonds is 8. The van der Waals surface area contributed by atoms with Crippen molar-refractivity contribution in [3.8, 4) is 5.75 Å². The van der Waals surface area contributed by atoms with Gasteiger partial charge in [-0.2, -0.15) is 0 Å². The van der Waals surface area contributed by atoms with Crippen molar-refractivity contribution in [2.45, 2.75) is 26.7 Å². The molecule has 7 heteroatoms. The van der Waals surface area contributed by atoms with Crippen molar-refractivity contribution in [3.05, 3.63) is 24.3 Å². The van der Waals surface area contributed by atoms with Crippen molar-refractivity contribution in [2.24, 2.45) is 4.99 Å². The van der Waals surface area contributed by atoms with Crippen molar-refractivity contribution in [3.63, 3.8) is 0 Å². The number of phenols is 1. The van der Waals surface area contributed by atoms with E-state index in [1.165, 1.54) is 12.8 Å². The maximum atomic E-state index is 10.1. The topological polar surface area (TPSA) is 54.3 Å². The van der Waals surface area contributed by atoms with E-state index in [0.717, 1.165) is 64.0 Å². The highest BCUT2D eigenvalue weighted by molar-refractivity contribution is 14.0. The number of hydrogen-bond acceptors (Lipinski definition) is 4. The average Bonchev–Trinajstić information content (AvgIpc) is 2.66. The lowest BCUT2D eigenvalue weighted by atomic mass is 10.2. The first kappa shape index (κ1) is 23.8. The largest absolute Gasteiger partial charge is 0.506 e. The summed E-state index contributed by atoms with van der Waals surface area (Å²) >= 11 is 0. The molecule has 2 N–H and O–H groups in total. The van der Waals surface area contributed by atoms with Crippen LogP contribution in [0, 0.1) is 0 Å². The van der Waals surface area contributed by atoms with Crippen LogP contribution in [0.5, 0.6) is 5.75 Å². The minimum absolute atomic E-state index is 0. The van der Waals surface area contributed by atoms with Gasteiger partial charge >= 0.3 is 0 Å². The molecular weight excluding hydrogens is 453 g/mol. The Morgan fingerprint density at radius 3 is 2.48 bits per heavy atom. The number of nitrogens with zero attached hydrogens (tertiary/aromatic N) is 4. The first-order valence-corrected chi connectivity index (χ1v) is 9.90. The van der Waals surface area contributed by atoms with Gasteiger partial charge in [0.25, 0.3) is 0 Å². The predicted octanol–water partition coefficient (Wildman–Crippen LogP) is 2.83. The fraction of sp³-hybridized carbons (Fsp3) is 0.650. The number of benzene rings is 1. The zero-order chi connectivity index (χ0) is 18.8. The Morgan fingerprint density at radius 1 is 1.15 bits per heavy atom. The van der Waals surface area contributed by atoms with Gasteiger partial charge in [0.05, 0.1) is 12.2 Å². The summed E-state index contributed by atoms with van der Waals surface area (Å²) in [5.41, 5.74) is 0.923. The van der Waals surface area contributed by atoms with Crippen molar-refractivity contribution in [1.29, 1.82) is 0 Å². The first-order chi connectivity index (χ1) is 12.7. The predicted molar refractivity (Wildman–Crippen MR) is 126 cm³/mol. The van der Waals surface area contributed by atoms with E-state index in [4.69, 9.17) is 4.99 Å². The smallest absolute Gasteiger partial charge is 0.194 e. The Bertz CT molecular complexity index is 561. The van der Waals surface area contributed by atoms with Crippen LogP contribution in [0.2, 0.25) is 0 Å². The summed E-state index contributed by atoms with van der Waals surface area (Å²) in [5.74, 6) is 1.37. The molecule has 27 heavy (non-hydrogen) atoms. The molecule has 0 saturated carbocycles. The standard InChI is InChI=1S/C20H35N5O.HI/c1-4-6-12-23(3)13-11-22-20(21-5-2)25-16-14-24(15-17-25)18-9-7-8-10-19(18)26;/h7-10,26H,4-6,11-17H2,1-3H3,(H,21,22);1H. The zero-order valence-corrected chi connectivity index (χ0v) is 19.4. The molecule has 0 aromatic heterocycles. The van der Waals surface area contributed by atoms with Gasteiger partial charge in [-0.05, 0) is 39.1 Å². The van der Waals surface area contributed by atoms with E-state index in [-0.39, 0.29) is 24.0 Å². The molecular formula is C20H36IN5O. The maximum absolute atomic E-state index is 10.1. The van der Waals surface area contributed by atoms with E-state index < -0.39 is 0 Å². The van der Waals surface area contributed by atoms with Crippen LogP contribution in [-0.4, -0.2) is 80.3 Å². The highest BCUT2D eigenvalue weighted by Crippen LogP contribution is 2.27. The van der Waals surface area contributed by atoms with Gasteiger partial charge in [0.15, 0.2) is 5.96 Å². The van der Waals surface area contributed by atoms with Gasteiger partial charge in [-0.3, -0.25) is 4.99 Å². The molecule has 0 unspecified atom stereocenters. The van der Waals surface area contributed by atoms with Crippen LogP contribution in [0.25, 0.3) is 0 Å². The fourth-order valence-corrected chi connectivity index (χ4v) is 3.18. The Hall–Kier alpha value is -1.22. The van der Waals surface area contributed by atoms with Crippen LogP contribution in [0.1, 0.15) is 26.7 Å². The number of nitrogens with one attached hydrogen (secondary N) is 1. The summed E-state index contributed by atoms with van der Waals surface area (Å²) < 4.78 is 0. The Labute approximate surface area is 181 Å². The van der Waals surface area contributed by atoms with E-state index in [1.807, 2.05) is 18.2 Å².